The van der Waals surface area contributed by atoms with Gasteiger partial charge in [0.25, 0.3) is 11.1 Å². The molecule has 0 saturated carbocycles. The third-order valence-electron chi connectivity index (χ3n) is 10.7. The number of piperidine rings is 2. The summed E-state index contributed by atoms with van der Waals surface area (Å²) in [6, 6.07) is 11.7. The van der Waals surface area contributed by atoms with Gasteiger partial charge in [-0.3, -0.25) is 28.5 Å². The van der Waals surface area contributed by atoms with Crippen molar-refractivity contribution in [1.82, 2.24) is 28.9 Å². The SMILES string of the molecule is CCC[C@@H](c1nc2ccc(Br)cc2c(=O)n1CC)N1CCC[C@H](CO)C1.CCC[C@H](c1nc2ccc(Br)cc2c(=O)n1CC)N1CCC[C@H](CO)C1. The molecule has 6 rings (SSSR count). The fourth-order valence-electron chi connectivity index (χ4n) is 8.10. The monoisotopic (exact) mass is 842 g/mol. The highest BCUT2D eigenvalue weighted by Gasteiger charge is 2.31. The molecule has 2 saturated heterocycles. The van der Waals surface area contributed by atoms with Crippen LogP contribution in [-0.4, -0.2) is 78.5 Å². The first-order valence-corrected chi connectivity index (χ1v) is 20.9. The number of aromatic nitrogens is 4. The Bertz CT molecular complexity index is 1780. The summed E-state index contributed by atoms with van der Waals surface area (Å²) in [5.41, 5.74) is 1.58. The molecule has 2 N–H and O–H groups in total. The highest BCUT2D eigenvalue weighted by Crippen LogP contribution is 2.32. The highest BCUT2D eigenvalue weighted by atomic mass is 79.9. The van der Waals surface area contributed by atoms with Gasteiger partial charge in [0.05, 0.1) is 33.9 Å². The summed E-state index contributed by atoms with van der Waals surface area (Å²) < 4.78 is 5.45. The molecule has 4 aromatic rings. The van der Waals surface area contributed by atoms with E-state index in [1.807, 2.05) is 59.4 Å². The Labute approximate surface area is 324 Å². The van der Waals surface area contributed by atoms with Crippen molar-refractivity contribution >= 4 is 53.7 Å². The van der Waals surface area contributed by atoms with Gasteiger partial charge in [0.2, 0.25) is 0 Å². The van der Waals surface area contributed by atoms with Gasteiger partial charge in [0.15, 0.2) is 0 Å². The first kappa shape index (κ1) is 40.7. The van der Waals surface area contributed by atoms with Crippen LogP contribution in [0.4, 0.5) is 0 Å². The van der Waals surface area contributed by atoms with Crippen LogP contribution in [-0.2, 0) is 13.1 Å². The molecule has 0 amide bonds. The molecule has 4 heterocycles. The molecular weight excluding hydrogens is 788 g/mol. The summed E-state index contributed by atoms with van der Waals surface area (Å²) in [5, 5.41) is 20.5. The van der Waals surface area contributed by atoms with Crippen molar-refractivity contribution in [3.05, 3.63) is 77.7 Å². The quantitative estimate of drug-likeness (QED) is 0.151. The van der Waals surface area contributed by atoms with E-state index in [-0.39, 0.29) is 36.4 Å². The Morgan fingerprint density at radius 2 is 1.10 bits per heavy atom. The van der Waals surface area contributed by atoms with Gasteiger partial charge in [-0.2, -0.15) is 0 Å². The maximum atomic E-state index is 13.1. The Morgan fingerprint density at radius 3 is 1.44 bits per heavy atom. The molecule has 2 aromatic carbocycles. The third-order valence-corrected chi connectivity index (χ3v) is 11.7. The van der Waals surface area contributed by atoms with Crippen molar-refractivity contribution in [3.8, 4) is 0 Å². The van der Waals surface area contributed by atoms with E-state index in [0.717, 1.165) is 109 Å². The van der Waals surface area contributed by atoms with Gasteiger partial charge in [-0.05, 0) is 114 Å². The van der Waals surface area contributed by atoms with Gasteiger partial charge in [0.1, 0.15) is 11.6 Å². The maximum Gasteiger partial charge on any atom is 0.261 e. The normalized spacial score (nSPS) is 19.8. The first-order valence-electron chi connectivity index (χ1n) is 19.3. The second-order valence-corrected chi connectivity index (χ2v) is 16.2. The molecule has 4 atom stereocenters. The van der Waals surface area contributed by atoms with Crippen molar-refractivity contribution in [3.63, 3.8) is 0 Å². The number of fused-ring (bicyclic) bond motifs is 2. The Hall–Kier alpha value is -2.48. The van der Waals surface area contributed by atoms with Crippen LogP contribution in [0.3, 0.4) is 0 Å². The van der Waals surface area contributed by atoms with Gasteiger partial charge < -0.3 is 10.2 Å². The molecule has 52 heavy (non-hydrogen) atoms. The zero-order valence-corrected chi connectivity index (χ0v) is 34.4. The van der Waals surface area contributed by atoms with Crippen LogP contribution in [0.1, 0.15) is 103 Å². The summed E-state index contributed by atoms with van der Waals surface area (Å²) in [5.74, 6) is 2.38. The van der Waals surface area contributed by atoms with Gasteiger partial charge in [0, 0.05) is 48.3 Å². The lowest BCUT2D eigenvalue weighted by Gasteiger charge is -2.38. The summed E-state index contributed by atoms with van der Waals surface area (Å²) >= 11 is 6.91. The average Bonchev–Trinajstić information content (AvgIpc) is 3.16. The molecule has 284 valence electrons. The molecule has 0 unspecified atom stereocenters. The van der Waals surface area contributed by atoms with E-state index in [1.54, 1.807) is 0 Å². The topological polar surface area (TPSA) is 117 Å². The second-order valence-electron chi connectivity index (χ2n) is 14.3. The molecule has 0 spiro atoms. The zero-order valence-electron chi connectivity index (χ0n) is 31.2. The van der Waals surface area contributed by atoms with Gasteiger partial charge in [-0.1, -0.05) is 58.5 Å². The Balaban J connectivity index is 0.000000201. The molecular formula is C40H56Br2N6O4. The fourth-order valence-corrected chi connectivity index (χ4v) is 8.82. The van der Waals surface area contributed by atoms with Crippen LogP contribution in [0.15, 0.2) is 54.9 Å². The van der Waals surface area contributed by atoms with E-state index < -0.39 is 0 Å². The number of likely N-dealkylation sites (tertiary alicyclic amines) is 2. The van der Waals surface area contributed by atoms with Crippen molar-refractivity contribution < 1.29 is 10.2 Å². The van der Waals surface area contributed by atoms with Crippen LogP contribution in [0, 0.1) is 11.8 Å². The number of hydrogen-bond acceptors (Lipinski definition) is 8. The Kier molecular flexibility index (Phi) is 15.0. The summed E-state index contributed by atoms with van der Waals surface area (Å²) in [4.78, 5) is 40.9. The lowest BCUT2D eigenvalue weighted by Crippen LogP contribution is -2.41. The fraction of sp³-hybridized carbons (Fsp3) is 0.600. The van der Waals surface area contributed by atoms with Gasteiger partial charge in [-0.15, -0.1) is 0 Å². The molecule has 2 aromatic heterocycles. The average molecular weight is 845 g/mol. The summed E-state index contributed by atoms with van der Waals surface area (Å²) in [6.07, 6.45) is 8.31. The van der Waals surface area contributed by atoms with Crippen LogP contribution >= 0.6 is 31.9 Å². The van der Waals surface area contributed by atoms with Gasteiger partial charge in [-0.25, -0.2) is 9.97 Å². The number of halogens is 2. The molecule has 0 aliphatic carbocycles. The minimum Gasteiger partial charge on any atom is -0.396 e. The van der Waals surface area contributed by atoms with Crippen LogP contribution < -0.4 is 11.1 Å². The van der Waals surface area contributed by atoms with Crippen molar-refractivity contribution in [2.75, 3.05) is 39.4 Å². The van der Waals surface area contributed by atoms with E-state index in [2.05, 4.69) is 55.5 Å². The number of rotatable bonds is 12. The second kappa shape index (κ2) is 19.2. The highest BCUT2D eigenvalue weighted by molar-refractivity contribution is 9.10. The standard InChI is InChI=1S/2C20H28BrN3O2/c2*1-3-6-18(23-10-5-7-14(12-23)13-25)19-22-17-9-8-15(21)11-16(17)20(26)24(19)4-2/h2*8-9,11,14,18,25H,3-7,10,12-13H2,1-2H3/t14-,18+;14-,18-/m00/s1. The predicted octanol–water partition coefficient (Wildman–Crippen LogP) is 7.45. The van der Waals surface area contributed by atoms with E-state index in [4.69, 9.17) is 9.97 Å². The molecule has 10 nitrogen and oxygen atoms in total. The lowest BCUT2D eigenvalue weighted by atomic mass is 9.96. The minimum absolute atomic E-state index is 0.0330. The van der Waals surface area contributed by atoms with E-state index >= 15 is 0 Å². The number of hydrogen-bond donors (Lipinski definition) is 2. The molecule has 12 heteroatoms. The smallest absolute Gasteiger partial charge is 0.261 e. The van der Waals surface area contributed by atoms with E-state index in [1.165, 1.54) is 0 Å². The Morgan fingerprint density at radius 1 is 0.692 bits per heavy atom. The van der Waals surface area contributed by atoms with Gasteiger partial charge >= 0.3 is 0 Å². The van der Waals surface area contributed by atoms with Crippen LogP contribution in [0.25, 0.3) is 21.8 Å². The van der Waals surface area contributed by atoms with E-state index in [9.17, 15) is 19.8 Å². The zero-order chi connectivity index (χ0) is 37.4. The van der Waals surface area contributed by atoms with Crippen LogP contribution in [0.2, 0.25) is 0 Å². The van der Waals surface area contributed by atoms with Crippen molar-refractivity contribution in [1.29, 1.82) is 0 Å². The van der Waals surface area contributed by atoms with E-state index in [0.29, 0.717) is 35.7 Å². The first-order chi connectivity index (χ1) is 25.2. The molecule has 2 aliphatic rings. The molecule has 0 radical (unpaired) electrons. The predicted molar refractivity (Wildman–Crippen MR) is 217 cm³/mol. The number of benzene rings is 2. The number of nitrogens with zero attached hydrogens (tertiary/aromatic N) is 6. The molecule has 2 aliphatic heterocycles. The van der Waals surface area contributed by atoms with Crippen molar-refractivity contribution in [2.24, 2.45) is 11.8 Å². The summed E-state index contributed by atoms with van der Waals surface area (Å²) in [6.45, 7) is 13.8. The number of aliphatic hydroxyl groups is 2. The van der Waals surface area contributed by atoms with Crippen LogP contribution in [0.5, 0.6) is 0 Å². The molecule has 2 fully saturated rings. The largest absolute Gasteiger partial charge is 0.396 e. The maximum absolute atomic E-state index is 13.1. The number of aliphatic hydroxyl groups excluding tert-OH is 2. The minimum atomic E-state index is 0.0330. The van der Waals surface area contributed by atoms with Crippen molar-refractivity contribution in [2.45, 2.75) is 104 Å². The summed E-state index contributed by atoms with van der Waals surface area (Å²) in [7, 11) is 0. The third kappa shape index (κ3) is 9.24. The molecule has 0 bridgehead atoms. The lowest BCUT2D eigenvalue weighted by molar-refractivity contribution is 0.0784.